The van der Waals surface area contributed by atoms with E-state index in [2.05, 4.69) is 5.32 Å². The third kappa shape index (κ3) is 3.79. The van der Waals surface area contributed by atoms with E-state index in [1.165, 1.54) is 0 Å². The van der Waals surface area contributed by atoms with Crippen LogP contribution < -0.4 is 19.7 Å². The van der Waals surface area contributed by atoms with Gasteiger partial charge in [0, 0.05) is 30.8 Å². The first-order valence-corrected chi connectivity index (χ1v) is 8.46. The summed E-state index contributed by atoms with van der Waals surface area (Å²) in [5, 5.41) is 2.91. The number of carbonyl (C=O) groups is 2. The van der Waals surface area contributed by atoms with Crippen molar-refractivity contribution < 1.29 is 19.1 Å². The van der Waals surface area contributed by atoms with E-state index in [9.17, 15) is 9.59 Å². The summed E-state index contributed by atoms with van der Waals surface area (Å²) in [4.78, 5) is 26.4. The zero-order valence-electron chi connectivity index (χ0n) is 14.9. The molecule has 1 fully saturated rings. The topological polar surface area (TPSA) is 67.9 Å². The van der Waals surface area contributed by atoms with Crippen LogP contribution in [0.2, 0.25) is 0 Å². The van der Waals surface area contributed by atoms with Crippen molar-refractivity contribution >= 4 is 17.5 Å². The van der Waals surface area contributed by atoms with E-state index in [1.54, 1.807) is 31.3 Å². The van der Waals surface area contributed by atoms with Gasteiger partial charge >= 0.3 is 0 Å². The van der Waals surface area contributed by atoms with Gasteiger partial charge in [-0.3, -0.25) is 9.59 Å². The van der Waals surface area contributed by atoms with Crippen LogP contribution >= 0.6 is 0 Å². The van der Waals surface area contributed by atoms with E-state index in [4.69, 9.17) is 9.47 Å². The number of carbonyl (C=O) groups excluding carboxylic acids is 2. The normalized spacial score (nSPS) is 16.5. The average Bonchev–Trinajstić information content (AvgIpc) is 3.08. The Hall–Kier alpha value is -3.02. The number of amides is 2. The molecule has 0 bridgehead atoms. The molecule has 0 unspecified atom stereocenters. The third-order valence-electron chi connectivity index (χ3n) is 4.53. The van der Waals surface area contributed by atoms with Gasteiger partial charge in [-0.1, -0.05) is 18.2 Å². The van der Waals surface area contributed by atoms with Crippen molar-refractivity contribution in [3.8, 4) is 11.5 Å². The van der Waals surface area contributed by atoms with Crippen molar-refractivity contribution in [1.82, 2.24) is 5.32 Å². The molecule has 2 aromatic carbocycles. The van der Waals surface area contributed by atoms with E-state index in [0.29, 0.717) is 13.1 Å². The quantitative estimate of drug-likeness (QED) is 0.865. The second kappa shape index (κ2) is 7.91. The molecule has 0 spiro atoms. The fraction of sp³-hybridized carbons (Fsp3) is 0.300. The third-order valence-corrected chi connectivity index (χ3v) is 4.53. The predicted molar refractivity (Wildman–Crippen MR) is 98.3 cm³/mol. The second-order valence-electron chi connectivity index (χ2n) is 6.13. The minimum atomic E-state index is -0.362. The Labute approximate surface area is 152 Å². The van der Waals surface area contributed by atoms with Gasteiger partial charge in [-0.2, -0.15) is 0 Å². The molecule has 0 radical (unpaired) electrons. The molecule has 1 aliphatic heterocycles. The molecule has 1 aliphatic rings. The summed E-state index contributed by atoms with van der Waals surface area (Å²) in [5.41, 5.74) is 1.68. The number of nitrogens with zero attached hydrogens (tertiary/aromatic N) is 1. The first-order valence-electron chi connectivity index (χ1n) is 8.46. The van der Waals surface area contributed by atoms with Crippen LogP contribution in [0.25, 0.3) is 0 Å². The van der Waals surface area contributed by atoms with Crippen molar-refractivity contribution in [1.29, 1.82) is 0 Å². The fourth-order valence-electron chi connectivity index (χ4n) is 3.07. The Balaban J connectivity index is 1.61. The van der Waals surface area contributed by atoms with Crippen molar-refractivity contribution in [2.24, 2.45) is 5.92 Å². The summed E-state index contributed by atoms with van der Waals surface area (Å²) in [5.74, 6) is 0.925. The van der Waals surface area contributed by atoms with Gasteiger partial charge in [0.1, 0.15) is 11.5 Å². The number of para-hydroxylation sites is 1. The molecule has 2 aromatic rings. The van der Waals surface area contributed by atoms with Crippen LogP contribution in [0.5, 0.6) is 11.5 Å². The number of anilines is 1. The maximum Gasteiger partial charge on any atom is 0.227 e. The standard InChI is InChI=1S/C20H22N2O4/c1-25-17-9-7-16(8-10-17)22-13-15(11-19(22)23)20(24)21-12-14-5-3-4-6-18(14)26-2/h3-10,15H,11-13H2,1-2H3,(H,21,24)/t15-/m1/s1. The summed E-state index contributed by atoms with van der Waals surface area (Å²) in [6.07, 6.45) is 0.212. The number of benzene rings is 2. The van der Waals surface area contributed by atoms with Crippen LogP contribution in [0.4, 0.5) is 5.69 Å². The molecule has 0 aromatic heterocycles. The minimum absolute atomic E-state index is 0.0485. The number of hydrogen-bond acceptors (Lipinski definition) is 4. The Morgan fingerprint density at radius 2 is 1.85 bits per heavy atom. The van der Waals surface area contributed by atoms with Crippen molar-refractivity contribution in [2.45, 2.75) is 13.0 Å². The summed E-state index contributed by atoms with van der Waals surface area (Å²) in [7, 11) is 3.20. The highest BCUT2D eigenvalue weighted by Crippen LogP contribution is 2.27. The maximum atomic E-state index is 12.5. The van der Waals surface area contributed by atoms with Crippen LogP contribution in [-0.4, -0.2) is 32.6 Å². The summed E-state index contributed by atoms with van der Waals surface area (Å²) >= 11 is 0. The van der Waals surface area contributed by atoms with Crippen molar-refractivity contribution in [3.63, 3.8) is 0 Å². The van der Waals surface area contributed by atoms with Gasteiger partial charge in [-0.05, 0) is 30.3 Å². The number of nitrogens with one attached hydrogen (secondary N) is 1. The average molecular weight is 354 g/mol. The van der Waals surface area contributed by atoms with Gasteiger partial charge in [0.2, 0.25) is 11.8 Å². The fourth-order valence-corrected chi connectivity index (χ4v) is 3.07. The first kappa shape index (κ1) is 17.8. The molecule has 0 aliphatic carbocycles. The van der Waals surface area contributed by atoms with Gasteiger partial charge in [0.05, 0.1) is 20.1 Å². The summed E-state index contributed by atoms with van der Waals surface area (Å²) in [6.45, 7) is 0.749. The summed E-state index contributed by atoms with van der Waals surface area (Å²) < 4.78 is 10.4. The number of methoxy groups -OCH3 is 2. The Morgan fingerprint density at radius 1 is 1.12 bits per heavy atom. The van der Waals surface area contributed by atoms with Crippen LogP contribution in [-0.2, 0) is 16.1 Å². The summed E-state index contributed by atoms with van der Waals surface area (Å²) in [6, 6.07) is 14.8. The van der Waals surface area contributed by atoms with Crippen LogP contribution in [0.1, 0.15) is 12.0 Å². The van der Waals surface area contributed by atoms with E-state index >= 15 is 0 Å². The largest absolute Gasteiger partial charge is 0.497 e. The molecule has 1 heterocycles. The molecule has 1 saturated heterocycles. The molecule has 2 amide bonds. The van der Waals surface area contributed by atoms with Gasteiger partial charge in [-0.25, -0.2) is 0 Å². The molecule has 1 atom stereocenters. The Morgan fingerprint density at radius 3 is 2.54 bits per heavy atom. The van der Waals surface area contributed by atoms with Gasteiger partial charge in [0.15, 0.2) is 0 Å². The number of hydrogen-bond donors (Lipinski definition) is 1. The highest BCUT2D eigenvalue weighted by atomic mass is 16.5. The highest BCUT2D eigenvalue weighted by Gasteiger charge is 2.35. The van der Waals surface area contributed by atoms with E-state index < -0.39 is 0 Å². The lowest BCUT2D eigenvalue weighted by Crippen LogP contribution is -2.32. The van der Waals surface area contributed by atoms with Crippen molar-refractivity contribution in [3.05, 3.63) is 54.1 Å². The second-order valence-corrected chi connectivity index (χ2v) is 6.13. The monoisotopic (exact) mass is 354 g/mol. The highest BCUT2D eigenvalue weighted by molar-refractivity contribution is 6.00. The first-order chi connectivity index (χ1) is 12.6. The molecule has 0 saturated carbocycles. The van der Waals surface area contributed by atoms with Crippen molar-refractivity contribution in [2.75, 3.05) is 25.7 Å². The molecule has 3 rings (SSSR count). The molecular weight excluding hydrogens is 332 g/mol. The van der Waals surface area contributed by atoms with Gasteiger partial charge < -0.3 is 19.7 Å². The lowest BCUT2D eigenvalue weighted by atomic mass is 10.1. The molecule has 136 valence electrons. The Kier molecular flexibility index (Phi) is 5.41. The minimum Gasteiger partial charge on any atom is -0.497 e. The SMILES string of the molecule is COc1ccc(N2C[C@H](C(=O)NCc3ccccc3OC)CC2=O)cc1. The van der Waals surface area contributed by atoms with Crippen LogP contribution in [0.3, 0.4) is 0 Å². The zero-order chi connectivity index (χ0) is 18.5. The smallest absolute Gasteiger partial charge is 0.227 e. The maximum absolute atomic E-state index is 12.5. The molecular formula is C20H22N2O4. The van der Waals surface area contributed by atoms with Crippen LogP contribution in [0.15, 0.2) is 48.5 Å². The molecule has 6 heteroatoms. The molecule has 26 heavy (non-hydrogen) atoms. The molecule has 6 nitrogen and oxygen atoms in total. The number of rotatable bonds is 6. The lowest BCUT2D eigenvalue weighted by Gasteiger charge is -2.17. The van der Waals surface area contributed by atoms with Crippen LogP contribution in [0, 0.1) is 5.92 Å². The van der Waals surface area contributed by atoms with E-state index in [-0.39, 0.29) is 24.2 Å². The van der Waals surface area contributed by atoms with E-state index in [1.807, 2.05) is 36.4 Å². The number of ether oxygens (including phenoxy) is 2. The van der Waals surface area contributed by atoms with Gasteiger partial charge in [-0.15, -0.1) is 0 Å². The van der Waals surface area contributed by atoms with Gasteiger partial charge in [0.25, 0.3) is 0 Å². The molecule has 1 N–H and O–H groups in total. The van der Waals surface area contributed by atoms with E-state index in [0.717, 1.165) is 22.7 Å². The predicted octanol–water partition coefficient (Wildman–Crippen LogP) is 2.37. The zero-order valence-corrected chi connectivity index (χ0v) is 14.9. The lowest BCUT2D eigenvalue weighted by molar-refractivity contribution is -0.126. The Bertz CT molecular complexity index is 789.